The summed E-state index contributed by atoms with van der Waals surface area (Å²) in [5, 5.41) is 0. The van der Waals surface area contributed by atoms with E-state index in [-0.39, 0.29) is 0 Å². The molecular weight excluding hydrogens is 198 g/mol. The van der Waals surface area contributed by atoms with Crippen LogP contribution in [0.3, 0.4) is 0 Å². The number of likely N-dealkylation sites (tertiary alicyclic amines) is 1. The monoisotopic (exact) mass is 219 g/mol. The van der Waals surface area contributed by atoms with Gasteiger partial charge in [-0.15, -0.1) is 0 Å². The summed E-state index contributed by atoms with van der Waals surface area (Å²) in [6.45, 7) is 4.14. The molecule has 2 unspecified atom stereocenters. The van der Waals surface area contributed by atoms with Crippen molar-refractivity contribution in [2.24, 2.45) is 5.73 Å². The van der Waals surface area contributed by atoms with E-state index in [1.165, 1.54) is 24.8 Å². The predicted molar refractivity (Wildman–Crippen MR) is 66.1 cm³/mol. The van der Waals surface area contributed by atoms with Gasteiger partial charge in [-0.25, -0.2) is 0 Å². The standard InChI is InChI=1S/C13H21N3/c1-11-5-2-3-8-16(11)13(9-14)12-6-4-7-15-10-12/h4,6-7,10-11,13H,2-3,5,8-9,14H2,1H3. The first-order valence-corrected chi connectivity index (χ1v) is 6.18. The third kappa shape index (κ3) is 2.42. The molecule has 1 aromatic rings. The molecule has 0 radical (unpaired) electrons. The lowest BCUT2D eigenvalue weighted by molar-refractivity contribution is 0.108. The zero-order valence-electron chi connectivity index (χ0n) is 9.97. The molecular formula is C13H21N3. The van der Waals surface area contributed by atoms with E-state index < -0.39 is 0 Å². The predicted octanol–water partition coefficient (Wildman–Crippen LogP) is 1.96. The number of aromatic nitrogens is 1. The van der Waals surface area contributed by atoms with Gasteiger partial charge >= 0.3 is 0 Å². The van der Waals surface area contributed by atoms with Gasteiger partial charge in [0, 0.05) is 31.0 Å². The molecule has 3 heteroatoms. The summed E-state index contributed by atoms with van der Waals surface area (Å²) >= 11 is 0. The van der Waals surface area contributed by atoms with E-state index in [2.05, 4.69) is 22.9 Å². The van der Waals surface area contributed by atoms with Crippen LogP contribution in [0, 0.1) is 0 Å². The molecule has 1 aromatic heterocycles. The Morgan fingerprint density at radius 1 is 1.56 bits per heavy atom. The van der Waals surface area contributed by atoms with E-state index in [0.717, 1.165) is 6.54 Å². The maximum absolute atomic E-state index is 5.93. The molecule has 2 heterocycles. The Balaban J connectivity index is 2.15. The first-order chi connectivity index (χ1) is 7.83. The van der Waals surface area contributed by atoms with E-state index >= 15 is 0 Å². The summed E-state index contributed by atoms with van der Waals surface area (Å²) in [6, 6.07) is 5.10. The highest BCUT2D eigenvalue weighted by atomic mass is 15.2. The Kier molecular flexibility index (Phi) is 3.91. The van der Waals surface area contributed by atoms with Crippen LogP contribution in [0.25, 0.3) is 0 Å². The normalized spacial score (nSPS) is 24.2. The maximum atomic E-state index is 5.93. The van der Waals surface area contributed by atoms with Crippen LogP contribution in [0.1, 0.15) is 37.8 Å². The van der Waals surface area contributed by atoms with Crippen molar-refractivity contribution in [1.82, 2.24) is 9.88 Å². The van der Waals surface area contributed by atoms with Gasteiger partial charge in [0.15, 0.2) is 0 Å². The SMILES string of the molecule is CC1CCCCN1C(CN)c1cccnc1. The molecule has 1 aliphatic heterocycles. The van der Waals surface area contributed by atoms with E-state index in [1.54, 1.807) is 0 Å². The van der Waals surface area contributed by atoms with Crippen molar-refractivity contribution in [1.29, 1.82) is 0 Å². The second-order valence-electron chi connectivity index (χ2n) is 4.62. The minimum absolute atomic E-state index is 0.337. The minimum Gasteiger partial charge on any atom is -0.329 e. The molecule has 3 nitrogen and oxygen atoms in total. The van der Waals surface area contributed by atoms with Crippen molar-refractivity contribution in [2.45, 2.75) is 38.3 Å². The third-order valence-electron chi connectivity index (χ3n) is 3.55. The molecule has 1 fully saturated rings. The van der Waals surface area contributed by atoms with Crippen molar-refractivity contribution in [2.75, 3.05) is 13.1 Å². The molecule has 0 saturated carbocycles. The second-order valence-corrected chi connectivity index (χ2v) is 4.62. The largest absolute Gasteiger partial charge is 0.329 e. The first-order valence-electron chi connectivity index (χ1n) is 6.18. The van der Waals surface area contributed by atoms with Gasteiger partial charge < -0.3 is 5.73 Å². The number of rotatable bonds is 3. The summed E-state index contributed by atoms with van der Waals surface area (Å²) in [5.74, 6) is 0. The highest BCUT2D eigenvalue weighted by Gasteiger charge is 2.26. The summed E-state index contributed by atoms with van der Waals surface area (Å²) < 4.78 is 0. The number of nitrogens with zero attached hydrogens (tertiary/aromatic N) is 2. The van der Waals surface area contributed by atoms with Crippen LogP contribution in [0.2, 0.25) is 0 Å². The zero-order chi connectivity index (χ0) is 11.4. The molecule has 2 atom stereocenters. The Labute approximate surface area is 97.7 Å². The van der Waals surface area contributed by atoms with Crippen molar-refractivity contribution in [3.05, 3.63) is 30.1 Å². The number of nitrogens with two attached hydrogens (primary N) is 1. The molecule has 0 bridgehead atoms. The van der Waals surface area contributed by atoms with Crippen molar-refractivity contribution in [3.63, 3.8) is 0 Å². The molecule has 0 spiro atoms. The van der Waals surface area contributed by atoms with Gasteiger partial charge in [0.25, 0.3) is 0 Å². The van der Waals surface area contributed by atoms with Crippen molar-refractivity contribution >= 4 is 0 Å². The highest BCUT2D eigenvalue weighted by Crippen LogP contribution is 2.27. The van der Waals surface area contributed by atoms with Gasteiger partial charge in [-0.1, -0.05) is 12.5 Å². The average molecular weight is 219 g/mol. The fourth-order valence-electron chi connectivity index (χ4n) is 2.62. The van der Waals surface area contributed by atoms with Gasteiger partial charge in [-0.3, -0.25) is 9.88 Å². The molecule has 88 valence electrons. The van der Waals surface area contributed by atoms with E-state index in [9.17, 15) is 0 Å². The number of hydrogen-bond donors (Lipinski definition) is 1. The smallest absolute Gasteiger partial charge is 0.0488 e. The van der Waals surface area contributed by atoms with Gasteiger partial charge in [0.05, 0.1) is 0 Å². The van der Waals surface area contributed by atoms with Gasteiger partial charge in [0.1, 0.15) is 0 Å². The minimum atomic E-state index is 0.337. The molecule has 2 rings (SSSR count). The van der Waals surface area contributed by atoms with Crippen LogP contribution < -0.4 is 5.73 Å². The Bertz CT molecular complexity index is 312. The molecule has 16 heavy (non-hydrogen) atoms. The lowest BCUT2D eigenvalue weighted by Crippen LogP contribution is -2.43. The molecule has 2 N–H and O–H groups in total. The molecule has 0 amide bonds. The second kappa shape index (κ2) is 5.41. The molecule has 0 aromatic carbocycles. The number of piperidine rings is 1. The van der Waals surface area contributed by atoms with E-state index in [4.69, 9.17) is 5.73 Å². The van der Waals surface area contributed by atoms with Crippen LogP contribution in [-0.4, -0.2) is 29.0 Å². The van der Waals surface area contributed by atoms with Crippen LogP contribution in [0.15, 0.2) is 24.5 Å². The van der Waals surface area contributed by atoms with Crippen molar-refractivity contribution < 1.29 is 0 Å². The lowest BCUT2D eigenvalue weighted by Gasteiger charge is -2.39. The van der Waals surface area contributed by atoms with Crippen LogP contribution in [0.5, 0.6) is 0 Å². The Morgan fingerprint density at radius 2 is 2.44 bits per heavy atom. The van der Waals surface area contributed by atoms with Gasteiger partial charge in [0.2, 0.25) is 0 Å². The van der Waals surface area contributed by atoms with Gasteiger partial charge in [-0.2, -0.15) is 0 Å². The summed E-state index contributed by atoms with van der Waals surface area (Å²) in [5.41, 5.74) is 7.18. The fraction of sp³-hybridized carbons (Fsp3) is 0.615. The summed E-state index contributed by atoms with van der Waals surface area (Å²) in [6.07, 6.45) is 7.69. The molecule has 1 aliphatic rings. The van der Waals surface area contributed by atoms with Crippen molar-refractivity contribution in [3.8, 4) is 0 Å². The third-order valence-corrected chi connectivity index (χ3v) is 3.55. The van der Waals surface area contributed by atoms with Gasteiger partial charge in [-0.05, 0) is 37.9 Å². The molecule has 0 aliphatic carbocycles. The van der Waals surface area contributed by atoms with E-state index in [1.807, 2.05) is 18.5 Å². The number of hydrogen-bond acceptors (Lipinski definition) is 3. The average Bonchev–Trinajstić information content (AvgIpc) is 2.34. The molecule has 1 saturated heterocycles. The fourth-order valence-corrected chi connectivity index (χ4v) is 2.62. The highest BCUT2D eigenvalue weighted by molar-refractivity contribution is 5.15. The lowest BCUT2D eigenvalue weighted by atomic mass is 9.98. The van der Waals surface area contributed by atoms with Crippen LogP contribution >= 0.6 is 0 Å². The van der Waals surface area contributed by atoms with E-state index in [0.29, 0.717) is 18.6 Å². The van der Waals surface area contributed by atoms with Crippen LogP contribution in [-0.2, 0) is 0 Å². The Hall–Kier alpha value is -0.930. The topological polar surface area (TPSA) is 42.1 Å². The summed E-state index contributed by atoms with van der Waals surface area (Å²) in [4.78, 5) is 6.72. The zero-order valence-corrected chi connectivity index (χ0v) is 9.97. The quantitative estimate of drug-likeness (QED) is 0.845. The Morgan fingerprint density at radius 3 is 3.06 bits per heavy atom. The summed E-state index contributed by atoms with van der Waals surface area (Å²) in [7, 11) is 0. The van der Waals surface area contributed by atoms with Crippen LogP contribution in [0.4, 0.5) is 0 Å². The number of pyridine rings is 1. The maximum Gasteiger partial charge on any atom is 0.0488 e. The first kappa shape index (κ1) is 11.6.